The molecule has 0 spiro atoms. The summed E-state index contributed by atoms with van der Waals surface area (Å²) >= 11 is 3.59. The maximum Gasteiger partial charge on any atom is 0.230 e. The van der Waals surface area contributed by atoms with E-state index in [1.807, 2.05) is 0 Å². The molecule has 5 rings (SSSR count). The van der Waals surface area contributed by atoms with Gasteiger partial charge in [0, 0.05) is 6.54 Å². The van der Waals surface area contributed by atoms with Crippen molar-refractivity contribution in [2.24, 2.45) is 0 Å². The van der Waals surface area contributed by atoms with Crippen LogP contribution in [0.5, 0.6) is 0 Å². The van der Waals surface area contributed by atoms with Gasteiger partial charge in [0.1, 0.15) is 10.4 Å². The Balaban J connectivity index is 1.66. The summed E-state index contributed by atoms with van der Waals surface area (Å²) < 4.78 is 12.3. The van der Waals surface area contributed by atoms with E-state index in [4.69, 9.17) is 19.4 Å². The molecule has 3 aliphatic rings. The summed E-state index contributed by atoms with van der Waals surface area (Å²) in [5.74, 6) is 1.69. The zero-order chi connectivity index (χ0) is 17.9. The van der Waals surface area contributed by atoms with Crippen molar-refractivity contribution < 1.29 is 9.47 Å². The molecule has 2 aromatic rings. The van der Waals surface area contributed by atoms with Gasteiger partial charge in [0.25, 0.3) is 0 Å². The zero-order valence-corrected chi connectivity index (χ0v) is 16.6. The average molecular weight is 423 g/mol. The van der Waals surface area contributed by atoms with Crippen molar-refractivity contribution in [3.8, 4) is 0 Å². The molecule has 0 saturated carbocycles. The van der Waals surface area contributed by atoms with Crippen LogP contribution in [0.25, 0.3) is 11.0 Å². The van der Waals surface area contributed by atoms with E-state index < -0.39 is 0 Å². The summed E-state index contributed by atoms with van der Waals surface area (Å²) in [6.07, 6.45) is 2.27. The van der Waals surface area contributed by atoms with E-state index in [2.05, 4.69) is 49.8 Å². The average Bonchev–Trinajstić information content (AvgIpc) is 3.11. The summed E-state index contributed by atoms with van der Waals surface area (Å²) in [5, 5.41) is 8.36. The van der Waals surface area contributed by atoms with Crippen LogP contribution < -0.4 is 9.80 Å². The number of hydrogen-bond donors (Lipinski definition) is 1. The number of ether oxygens (including phenoxy) is 2. The number of morpholine rings is 2. The standard InChI is InChI=1S/C17H23BrN6O2/c1-17(2)9-25-6-5-23(17)15-12-13(18)21-22-14(12)19-16(20-15)24-10-3-4-11(24)8-26-7-10/h10-11H,3-9H2,1-2H3,(H,19,20,21,22). The van der Waals surface area contributed by atoms with Crippen molar-refractivity contribution in [3.05, 3.63) is 4.60 Å². The maximum atomic E-state index is 5.73. The number of anilines is 2. The van der Waals surface area contributed by atoms with Gasteiger partial charge < -0.3 is 19.3 Å². The highest BCUT2D eigenvalue weighted by atomic mass is 79.9. The zero-order valence-electron chi connectivity index (χ0n) is 15.0. The molecule has 2 aromatic heterocycles. The third kappa shape index (κ3) is 2.51. The van der Waals surface area contributed by atoms with Gasteiger partial charge in [-0.05, 0) is 42.6 Å². The Bertz CT molecular complexity index is 824. The largest absolute Gasteiger partial charge is 0.377 e. The fourth-order valence-corrected chi connectivity index (χ4v) is 4.82. The van der Waals surface area contributed by atoms with Gasteiger partial charge in [-0.2, -0.15) is 15.1 Å². The summed E-state index contributed by atoms with van der Waals surface area (Å²) in [6, 6.07) is 0.721. The Labute approximate surface area is 160 Å². The maximum absolute atomic E-state index is 5.73. The predicted molar refractivity (Wildman–Crippen MR) is 102 cm³/mol. The lowest BCUT2D eigenvalue weighted by molar-refractivity contribution is 0.0640. The minimum Gasteiger partial charge on any atom is -0.377 e. The SMILES string of the molecule is CC1(C)COCCN1c1nc(N2C3CCC2COC3)nc2n[nH]c(Br)c12. The van der Waals surface area contributed by atoms with Crippen molar-refractivity contribution in [2.45, 2.75) is 44.3 Å². The molecule has 26 heavy (non-hydrogen) atoms. The van der Waals surface area contributed by atoms with Gasteiger partial charge >= 0.3 is 0 Å². The highest BCUT2D eigenvalue weighted by Gasteiger charge is 2.40. The van der Waals surface area contributed by atoms with Gasteiger partial charge in [-0.1, -0.05) is 0 Å². The molecule has 0 aromatic carbocycles. The Hall–Kier alpha value is -1.45. The number of aromatic amines is 1. The number of rotatable bonds is 2. The molecular weight excluding hydrogens is 400 g/mol. The van der Waals surface area contributed by atoms with Crippen molar-refractivity contribution >= 4 is 38.7 Å². The molecule has 0 aliphatic carbocycles. The summed E-state index contributed by atoms with van der Waals surface area (Å²) in [5.41, 5.74) is 0.558. The molecule has 0 radical (unpaired) electrons. The molecule has 2 bridgehead atoms. The Kier molecular flexibility index (Phi) is 3.88. The number of fused-ring (bicyclic) bond motifs is 3. The number of nitrogens with zero attached hydrogens (tertiary/aromatic N) is 5. The molecule has 2 atom stereocenters. The van der Waals surface area contributed by atoms with Crippen molar-refractivity contribution in [1.29, 1.82) is 0 Å². The van der Waals surface area contributed by atoms with Crippen LogP contribution in [0.3, 0.4) is 0 Å². The number of hydrogen-bond acceptors (Lipinski definition) is 7. The van der Waals surface area contributed by atoms with Crippen LogP contribution in [0.15, 0.2) is 4.60 Å². The molecule has 8 nitrogen and oxygen atoms in total. The number of halogens is 1. The summed E-state index contributed by atoms with van der Waals surface area (Å²) in [4.78, 5) is 14.5. The van der Waals surface area contributed by atoms with Gasteiger partial charge in [-0.3, -0.25) is 5.10 Å². The van der Waals surface area contributed by atoms with Gasteiger partial charge in [-0.15, -0.1) is 0 Å². The lowest BCUT2D eigenvalue weighted by atomic mass is 10.0. The molecule has 1 N–H and O–H groups in total. The molecule has 2 unspecified atom stereocenters. The summed E-state index contributed by atoms with van der Waals surface area (Å²) in [7, 11) is 0. The first kappa shape index (κ1) is 16.7. The predicted octanol–water partition coefficient (Wildman–Crippen LogP) is 2.10. The van der Waals surface area contributed by atoms with Crippen molar-refractivity contribution in [1.82, 2.24) is 20.2 Å². The second-order valence-corrected chi connectivity index (χ2v) is 8.72. The van der Waals surface area contributed by atoms with E-state index in [0.717, 1.165) is 54.4 Å². The molecule has 3 aliphatic heterocycles. The second kappa shape index (κ2) is 6.03. The van der Waals surface area contributed by atoms with Crippen LogP contribution >= 0.6 is 15.9 Å². The molecule has 9 heteroatoms. The Morgan fingerprint density at radius 1 is 1.15 bits per heavy atom. The second-order valence-electron chi connectivity index (χ2n) is 7.93. The molecule has 3 fully saturated rings. The van der Waals surface area contributed by atoms with E-state index in [9.17, 15) is 0 Å². The van der Waals surface area contributed by atoms with Crippen LogP contribution in [-0.2, 0) is 9.47 Å². The van der Waals surface area contributed by atoms with Crippen LogP contribution in [0.2, 0.25) is 0 Å². The minimum atomic E-state index is -0.141. The first-order chi connectivity index (χ1) is 12.5. The van der Waals surface area contributed by atoms with Crippen LogP contribution in [0.1, 0.15) is 26.7 Å². The van der Waals surface area contributed by atoms with Crippen molar-refractivity contribution in [3.63, 3.8) is 0 Å². The van der Waals surface area contributed by atoms with Gasteiger partial charge in [0.2, 0.25) is 5.95 Å². The van der Waals surface area contributed by atoms with Crippen LogP contribution in [-0.4, -0.2) is 70.8 Å². The van der Waals surface area contributed by atoms with Gasteiger partial charge in [-0.25, -0.2) is 0 Å². The summed E-state index contributed by atoms with van der Waals surface area (Å²) in [6.45, 7) is 8.04. The third-order valence-corrected chi connectivity index (χ3v) is 6.28. The van der Waals surface area contributed by atoms with Crippen molar-refractivity contribution in [2.75, 3.05) is 42.8 Å². The van der Waals surface area contributed by atoms with Gasteiger partial charge in [0.05, 0.1) is 49.4 Å². The molecule has 5 heterocycles. The Morgan fingerprint density at radius 2 is 1.92 bits per heavy atom. The Morgan fingerprint density at radius 3 is 2.65 bits per heavy atom. The quantitative estimate of drug-likeness (QED) is 0.793. The normalized spacial score (nSPS) is 28.1. The van der Waals surface area contributed by atoms with Crippen LogP contribution in [0, 0.1) is 0 Å². The van der Waals surface area contributed by atoms with E-state index >= 15 is 0 Å². The van der Waals surface area contributed by atoms with E-state index in [0.29, 0.717) is 30.9 Å². The lowest BCUT2D eigenvalue weighted by Crippen LogP contribution is -2.54. The first-order valence-corrected chi connectivity index (χ1v) is 9.97. The van der Waals surface area contributed by atoms with Crippen LogP contribution in [0.4, 0.5) is 11.8 Å². The highest BCUT2D eigenvalue weighted by molar-refractivity contribution is 9.10. The number of aromatic nitrogens is 4. The molecule has 140 valence electrons. The molecule has 3 saturated heterocycles. The van der Waals surface area contributed by atoms with E-state index in [1.165, 1.54) is 0 Å². The fraction of sp³-hybridized carbons (Fsp3) is 0.706. The highest BCUT2D eigenvalue weighted by Crippen LogP contribution is 2.38. The van der Waals surface area contributed by atoms with Gasteiger partial charge in [0.15, 0.2) is 5.65 Å². The van der Waals surface area contributed by atoms with E-state index in [-0.39, 0.29) is 5.54 Å². The topological polar surface area (TPSA) is 79.4 Å². The number of H-pyrrole nitrogens is 1. The lowest BCUT2D eigenvalue weighted by Gasteiger charge is -2.43. The van der Waals surface area contributed by atoms with E-state index in [1.54, 1.807) is 0 Å². The first-order valence-electron chi connectivity index (χ1n) is 9.18. The molecular formula is C17H23BrN6O2. The number of nitrogens with one attached hydrogen (secondary N) is 1. The smallest absolute Gasteiger partial charge is 0.230 e. The third-order valence-electron chi connectivity index (χ3n) is 5.71. The minimum absolute atomic E-state index is 0.141. The molecule has 0 amide bonds. The fourth-order valence-electron chi connectivity index (χ4n) is 4.38. The monoisotopic (exact) mass is 422 g/mol.